The van der Waals surface area contributed by atoms with Gasteiger partial charge >= 0.3 is 5.97 Å². The van der Waals surface area contributed by atoms with Crippen molar-refractivity contribution in [2.24, 2.45) is 5.92 Å². The Morgan fingerprint density at radius 2 is 2.00 bits per heavy atom. The van der Waals surface area contributed by atoms with E-state index in [9.17, 15) is 9.90 Å². The minimum atomic E-state index is -1.02. The zero-order valence-corrected chi connectivity index (χ0v) is 11.5. The van der Waals surface area contributed by atoms with Gasteiger partial charge in [0, 0.05) is 13.7 Å². The Hall–Kier alpha value is -0.610. The first-order valence-corrected chi connectivity index (χ1v) is 6.38. The zero-order valence-electron chi connectivity index (χ0n) is 11.5. The monoisotopic (exact) mass is 246 g/mol. The molecule has 0 aliphatic carbocycles. The molecule has 4 heteroatoms. The van der Waals surface area contributed by atoms with Crippen molar-refractivity contribution in [1.29, 1.82) is 0 Å². The van der Waals surface area contributed by atoms with Gasteiger partial charge in [-0.1, -0.05) is 27.2 Å². The lowest BCUT2D eigenvalue weighted by molar-refractivity contribution is -0.170. The summed E-state index contributed by atoms with van der Waals surface area (Å²) in [7, 11) is 1.63. The highest BCUT2D eigenvalue weighted by Crippen LogP contribution is 2.27. The Labute approximate surface area is 104 Å². The third kappa shape index (κ3) is 5.50. The fraction of sp³-hybridized carbons (Fsp3) is 0.923. The Balaban J connectivity index is 4.43. The van der Waals surface area contributed by atoms with Gasteiger partial charge in [0.2, 0.25) is 0 Å². The molecule has 2 atom stereocenters. The average molecular weight is 246 g/mol. The van der Waals surface area contributed by atoms with E-state index < -0.39 is 11.6 Å². The van der Waals surface area contributed by atoms with Crippen molar-refractivity contribution in [2.45, 2.75) is 52.1 Å². The van der Waals surface area contributed by atoms with Crippen molar-refractivity contribution in [3.8, 4) is 0 Å². The van der Waals surface area contributed by atoms with Gasteiger partial charge in [-0.15, -0.1) is 0 Å². The summed E-state index contributed by atoms with van der Waals surface area (Å²) in [5, 5.41) is 9.37. The quantitative estimate of drug-likeness (QED) is 0.602. The molecule has 0 radical (unpaired) electrons. The van der Waals surface area contributed by atoms with E-state index in [4.69, 9.17) is 9.47 Å². The third-order valence-corrected chi connectivity index (χ3v) is 3.21. The molecule has 0 aliphatic rings. The summed E-state index contributed by atoms with van der Waals surface area (Å²) < 4.78 is 10.6. The van der Waals surface area contributed by atoms with Crippen LogP contribution in [0.3, 0.4) is 0 Å². The first-order valence-electron chi connectivity index (χ1n) is 6.38. The molecule has 0 spiro atoms. The van der Waals surface area contributed by atoms with Crippen LogP contribution in [-0.2, 0) is 14.3 Å². The van der Waals surface area contributed by atoms with E-state index >= 15 is 0 Å². The molecule has 1 N–H and O–H groups in total. The maximum absolute atomic E-state index is 11.4. The molecule has 0 saturated heterocycles. The number of hydrogen-bond donors (Lipinski definition) is 1. The van der Waals surface area contributed by atoms with Gasteiger partial charge in [-0.2, -0.15) is 0 Å². The van der Waals surface area contributed by atoms with Gasteiger partial charge in [0.25, 0.3) is 0 Å². The molecular formula is C13H26O4. The predicted octanol–water partition coefficient (Wildman–Crippen LogP) is 2.71. The van der Waals surface area contributed by atoms with Crippen molar-refractivity contribution < 1.29 is 19.4 Å². The number of carbonyl (C=O) groups is 1. The molecule has 0 fully saturated rings. The first-order chi connectivity index (χ1) is 8.02. The van der Waals surface area contributed by atoms with Crippen LogP contribution < -0.4 is 0 Å². The second kappa shape index (κ2) is 8.48. The molecule has 17 heavy (non-hydrogen) atoms. The number of carboxylic acids is 1. The highest BCUT2D eigenvalue weighted by atomic mass is 16.5. The summed E-state index contributed by atoms with van der Waals surface area (Å²) in [5.74, 6) is -0.494. The van der Waals surface area contributed by atoms with Gasteiger partial charge in [0.1, 0.15) is 0 Å². The van der Waals surface area contributed by atoms with Crippen molar-refractivity contribution >= 4 is 5.97 Å². The highest BCUT2D eigenvalue weighted by molar-refractivity contribution is 5.77. The largest absolute Gasteiger partial charge is 0.479 e. The molecule has 102 valence electrons. The summed E-state index contributed by atoms with van der Waals surface area (Å²) in [4.78, 5) is 11.4. The zero-order chi connectivity index (χ0) is 13.3. The van der Waals surface area contributed by atoms with Crippen LogP contribution in [0.5, 0.6) is 0 Å². The number of rotatable bonds is 10. The fourth-order valence-corrected chi connectivity index (χ4v) is 1.78. The van der Waals surface area contributed by atoms with Gasteiger partial charge < -0.3 is 14.6 Å². The molecule has 0 aromatic rings. The molecule has 0 bridgehead atoms. The molecule has 2 unspecified atom stereocenters. The number of ether oxygens (including phenoxy) is 2. The van der Waals surface area contributed by atoms with Crippen molar-refractivity contribution in [1.82, 2.24) is 0 Å². The molecule has 0 aliphatic heterocycles. The van der Waals surface area contributed by atoms with Gasteiger partial charge in [-0.05, 0) is 25.2 Å². The lowest BCUT2D eigenvalue weighted by Gasteiger charge is -2.31. The molecule has 0 heterocycles. The average Bonchev–Trinajstić information content (AvgIpc) is 2.32. The Kier molecular flexibility index (Phi) is 8.17. The number of methoxy groups -OCH3 is 1. The lowest BCUT2D eigenvalue weighted by atomic mass is 9.87. The number of carboxylic acid groups (broad SMARTS) is 1. The Morgan fingerprint density at radius 3 is 2.41 bits per heavy atom. The van der Waals surface area contributed by atoms with Gasteiger partial charge in [-0.25, -0.2) is 4.79 Å². The van der Waals surface area contributed by atoms with Gasteiger partial charge in [0.15, 0.2) is 5.60 Å². The molecule has 0 saturated carbocycles. The van der Waals surface area contributed by atoms with Crippen molar-refractivity contribution in [2.75, 3.05) is 20.3 Å². The molecule has 0 aromatic heterocycles. The molecule has 0 aromatic carbocycles. The molecule has 0 amide bonds. The summed E-state index contributed by atoms with van der Waals surface area (Å²) in [5.41, 5.74) is -1.02. The normalized spacial score (nSPS) is 16.5. The number of hydrogen-bond acceptors (Lipinski definition) is 3. The van der Waals surface area contributed by atoms with Gasteiger partial charge in [-0.3, -0.25) is 0 Å². The van der Waals surface area contributed by atoms with E-state index in [1.54, 1.807) is 7.11 Å². The van der Waals surface area contributed by atoms with E-state index in [1.807, 2.05) is 6.92 Å². The van der Waals surface area contributed by atoms with Crippen molar-refractivity contribution in [3.63, 3.8) is 0 Å². The maximum Gasteiger partial charge on any atom is 0.335 e. The van der Waals surface area contributed by atoms with E-state index in [0.29, 0.717) is 32.0 Å². The lowest BCUT2D eigenvalue weighted by Crippen LogP contribution is -2.43. The van der Waals surface area contributed by atoms with Crippen molar-refractivity contribution in [3.05, 3.63) is 0 Å². The summed E-state index contributed by atoms with van der Waals surface area (Å²) in [6.45, 7) is 7.03. The van der Waals surface area contributed by atoms with Crippen LogP contribution in [0.1, 0.15) is 46.5 Å². The van der Waals surface area contributed by atoms with E-state index in [2.05, 4.69) is 13.8 Å². The Bertz CT molecular complexity index is 217. The molecular weight excluding hydrogens is 220 g/mol. The van der Waals surface area contributed by atoms with Crippen LogP contribution in [0, 0.1) is 5.92 Å². The van der Waals surface area contributed by atoms with E-state index in [-0.39, 0.29) is 0 Å². The first kappa shape index (κ1) is 16.4. The SMILES string of the molecule is CCC(C)CC(CC)(OCCCOC)C(=O)O. The van der Waals surface area contributed by atoms with E-state index in [0.717, 1.165) is 12.8 Å². The van der Waals surface area contributed by atoms with E-state index in [1.165, 1.54) is 0 Å². The summed E-state index contributed by atoms with van der Waals surface area (Å²) in [6, 6.07) is 0. The third-order valence-electron chi connectivity index (χ3n) is 3.21. The highest BCUT2D eigenvalue weighted by Gasteiger charge is 2.38. The van der Waals surface area contributed by atoms with Crippen LogP contribution >= 0.6 is 0 Å². The standard InChI is InChI=1S/C13H26O4/c1-5-11(3)10-13(6-2,12(14)15)17-9-7-8-16-4/h11H,5-10H2,1-4H3,(H,14,15). The van der Waals surface area contributed by atoms with Crippen LogP contribution in [-0.4, -0.2) is 37.0 Å². The van der Waals surface area contributed by atoms with Crippen LogP contribution in [0.25, 0.3) is 0 Å². The van der Waals surface area contributed by atoms with Crippen LogP contribution in [0.15, 0.2) is 0 Å². The smallest absolute Gasteiger partial charge is 0.335 e. The molecule has 4 nitrogen and oxygen atoms in total. The fourth-order valence-electron chi connectivity index (χ4n) is 1.78. The van der Waals surface area contributed by atoms with Crippen LogP contribution in [0.2, 0.25) is 0 Å². The second-order valence-electron chi connectivity index (χ2n) is 4.57. The summed E-state index contributed by atoms with van der Waals surface area (Å²) >= 11 is 0. The second-order valence-corrected chi connectivity index (χ2v) is 4.57. The predicted molar refractivity (Wildman–Crippen MR) is 67.2 cm³/mol. The van der Waals surface area contributed by atoms with Crippen LogP contribution in [0.4, 0.5) is 0 Å². The topological polar surface area (TPSA) is 55.8 Å². The number of aliphatic carboxylic acids is 1. The Morgan fingerprint density at radius 1 is 1.35 bits per heavy atom. The minimum Gasteiger partial charge on any atom is -0.479 e. The minimum absolute atomic E-state index is 0.355. The maximum atomic E-state index is 11.4. The van der Waals surface area contributed by atoms with Gasteiger partial charge in [0.05, 0.1) is 6.61 Å². The summed E-state index contributed by atoms with van der Waals surface area (Å²) in [6.07, 6.45) is 2.77. The molecule has 0 rings (SSSR count).